The predicted octanol–water partition coefficient (Wildman–Crippen LogP) is 3.90. The first kappa shape index (κ1) is 20.9. The lowest BCUT2D eigenvalue weighted by Crippen LogP contribution is -2.20. The first-order valence-corrected chi connectivity index (χ1v) is 8.17. The van der Waals surface area contributed by atoms with Crippen LogP contribution in [0.5, 0.6) is 11.5 Å². The molecule has 2 aromatic rings. The molecular formula is C21H18F3NO3. The zero-order valence-corrected chi connectivity index (χ0v) is 15.3. The van der Waals surface area contributed by atoms with Crippen LogP contribution in [0.1, 0.15) is 16.7 Å². The molecule has 0 spiro atoms. The summed E-state index contributed by atoms with van der Waals surface area (Å²) in [5.74, 6) is 6.01. The van der Waals surface area contributed by atoms with Gasteiger partial charge in [0.2, 0.25) is 5.91 Å². The summed E-state index contributed by atoms with van der Waals surface area (Å²) in [6.45, 7) is 0.000844. The quantitative estimate of drug-likeness (QED) is 0.623. The highest BCUT2D eigenvalue weighted by molar-refractivity contribution is 5.92. The molecule has 0 radical (unpaired) electrons. The van der Waals surface area contributed by atoms with Crippen LogP contribution < -0.4 is 14.8 Å². The minimum atomic E-state index is -4.42. The third-order valence-corrected chi connectivity index (χ3v) is 3.57. The normalized spacial score (nSPS) is 10.9. The van der Waals surface area contributed by atoms with Crippen LogP contribution in [0.2, 0.25) is 0 Å². The molecule has 0 aliphatic carbocycles. The van der Waals surface area contributed by atoms with E-state index >= 15 is 0 Å². The van der Waals surface area contributed by atoms with Crippen molar-refractivity contribution in [3.63, 3.8) is 0 Å². The van der Waals surface area contributed by atoms with Gasteiger partial charge in [-0.2, -0.15) is 13.2 Å². The number of methoxy groups -OCH3 is 2. The van der Waals surface area contributed by atoms with Crippen LogP contribution in [0.3, 0.4) is 0 Å². The van der Waals surface area contributed by atoms with E-state index in [1.54, 1.807) is 24.3 Å². The fourth-order valence-electron chi connectivity index (χ4n) is 2.21. The van der Waals surface area contributed by atoms with Crippen LogP contribution in [0.25, 0.3) is 6.08 Å². The zero-order chi connectivity index (χ0) is 20.6. The Morgan fingerprint density at radius 2 is 1.79 bits per heavy atom. The van der Waals surface area contributed by atoms with Crippen molar-refractivity contribution < 1.29 is 27.4 Å². The van der Waals surface area contributed by atoms with Gasteiger partial charge in [-0.05, 0) is 42.0 Å². The molecule has 1 amide bonds. The largest absolute Gasteiger partial charge is 0.497 e. The topological polar surface area (TPSA) is 47.6 Å². The fourth-order valence-corrected chi connectivity index (χ4v) is 2.21. The average Bonchev–Trinajstić information content (AvgIpc) is 2.69. The highest BCUT2D eigenvalue weighted by Gasteiger charge is 2.30. The van der Waals surface area contributed by atoms with E-state index in [9.17, 15) is 18.0 Å². The molecule has 1 N–H and O–H groups in total. The molecule has 146 valence electrons. The van der Waals surface area contributed by atoms with Gasteiger partial charge in [-0.1, -0.05) is 17.9 Å². The van der Waals surface area contributed by atoms with Crippen LogP contribution >= 0.6 is 0 Å². The lowest BCUT2D eigenvalue weighted by molar-refractivity contribution is -0.137. The molecule has 2 rings (SSSR count). The summed E-state index contributed by atoms with van der Waals surface area (Å²) in [4.78, 5) is 11.8. The average molecular weight is 389 g/mol. The molecule has 0 heterocycles. The Kier molecular flexibility index (Phi) is 7.10. The van der Waals surface area contributed by atoms with Crippen molar-refractivity contribution in [3.05, 3.63) is 65.2 Å². The molecule has 0 saturated heterocycles. The number of amides is 1. The third kappa shape index (κ3) is 6.40. The number of alkyl halides is 3. The molecule has 4 nitrogen and oxygen atoms in total. The molecule has 0 aliphatic rings. The number of benzene rings is 2. The van der Waals surface area contributed by atoms with Gasteiger partial charge in [0.15, 0.2) is 0 Å². The van der Waals surface area contributed by atoms with Crippen LogP contribution in [0.4, 0.5) is 13.2 Å². The van der Waals surface area contributed by atoms with Crippen molar-refractivity contribution in [1.82, 2.24) is 5.32 Å². The van der Waals surface area contributed by atoms with E-state index < -0.39 is 11.7 Å². The number of rotatable bonds is 5. The Labute approximate surface area is 161 Å². The summed E-state index contributed by atoms with van der Waals surface area (Å²) in [5.41, 5.74) is 0.171. The first-order valence-electron chi connectivity index (χ1n) is 8.17. The zero-order valence-electron chi connectivity index (χ0n) is 15.3. The summed E-state index contributed by atoms with van der Waals surface area (Å²) in [5, 5.41) is 2.54. The molecule has 0 atom stereocenters. The summed E-state index contributed by atoms with van der Waals surface area (Å²) < 4.78 is 48.3. The molecule has 0 saturated carbocycles. The third-order valence-electron chi connectivity index (χ3n) is 3.57. The van der Waals surface area contributed by atoms with E-state index in [2.05, 4.69) is 17.2 Å². The van der Waals surface area contributed by atoms with Gasteiger partial charge in [0.05, 0.1) is 26.3 Å². The van der Waals surface area contributed by atoms with E-state index in [1.165, 1.54) is 32.4 Å². The molecule has 0 unspecified atom stereocenters. The standard InChI is InChI=1S/C21H18F3NO3/c1-27-18-12-16(13-19(14-18)28-2)8-9-20(26)25-10-4-6-15-5-3-7-17(11-15)21(22,23)24/h3,5,7-9,11-14H,10H2,1-2H3,(H,25,26)/b9-8+. The van der Waals surface area contributed by atoms with E-state index in [0.717, 1.165) is 12.1 Å². The second kappa shape index (κ2) is 9.51. The monoisotopic (exact) mass is 389 g/mol. The van der Waals surface area contributed by atoms with E-state index in [4.69, 9.17) is 9.47 Å². The summed E-state index contributed by atoms with van der Waals surface area (Å²) in [6, 6.07) is 9.88. The first-order chi connectivity index (χ1) is 13.3. The van der Waals surface area contributed by atoms with E-state index in [0.29, 0.717) is 17.1 Å². The predicted molar refractivity (Wildman–Crippen MR) is 99.9 cm³/mol. The van der Waals surface area contributed by atoms with Gasteiger partial charge in [-0.15, -0.1) is 0 Å². The van der Waals surface area contributed by atoms with Gasteiger partial charge in [-0.25, -0.2) is 0 Å². The van der Waals surface area contributed by atoms with Crippen LogP contribution in [0.15, 0.2) is 48.5 Å². The number of nitrogens with one attached hydrogen (secondary N) is 1. The molecule has 0 aromatic heterocycles. The maximum atomic E-state index is 12.7. The molecule has 28 heavy (non-hydrogen) atoms. The van der Waals surface area contributed by atoms with Crippen molar-refractivity contribution in [1.29, 1.82) is 0 Å². The molecule has 0 fully saturated rings. The van der Waals surface area contributed by atoms with Crippen molar-refractivity contribution in [2.45, 2.75) is 6.18 Å². The lowest BCUT2D eigenvalue weighted by atomic mass is 10.1. The molecule has 0 bridgehead atoms. The van der Waals surface area contributed by atoms with Crippen molar-refractivity contribution >= 4 is 12.0 Å². The maximum absolute atomic E-state index is 12.7. The van der Waals surface area contributed by atoms with Crippen molar-refractivity contribution in [2.24, 2.45) is 0 Å². The molecule has 0 aliphatic heterocycles. The molecule has 2 aromatic carbocycles. The summed E-state index contributed by atoms with van der Waals surface area (Å²) >= 11 is 0. The van der Waals surface area contributed by atoms with Crippen LogP contribution in [0, 0.1) is 11.8 Å². The van der Waals surface area contributed by atoms with Gasteiger partial charge in [0.1, 0.15) is 11.5 Å². The fraction of sp³-hybridized carbons (Fsp3) is 0.190. The number of hydrogen-bond donors (Lipinski definition) is 1. The van der Waals surface area contributed by atoms with Gasteiger partial charge < -0.3 is 14.8 Å². The van der Waals surface area contributed by atoms with Crippen molar-refractivity contribution in [2.75, 3.05) is 20.8 Å². The SMILES string of the molecule is COc1cc(/C=C/C(=O)NCC#Cc2cccc(C(F)(F)F)c2)cc(OC)c1. The maximum Gasteiger partial charge on any atom is 0.416 e. The second-order valence-electron chi connectivity index (χ2n) is 5.58. The van der Waals surface area contributed by atoms with Crippen molar-refractivity contribution in [3.8, 4) is 23.3 Å². The highest BCUT2D eigenvalue weighted by Crippen LogP contribution is 2.29. The van der Waals surface area contributed by atoms with E-state index in [1.807, 2.05) is 0 Å². The van der Waals surface area contributed by atoms with E-state index in [-0.39, 0.29) is 18.0 Å². The summed E-state index contributed by atoms with van der Waals surface area (Å²) in [6.07, 6.45) is -1.51. The minimum Gasteiger partial charge on any atom is -0.497 e. The number of carbonyl (C=O) groups excluding carboxylic acids is 1. The Bertz CT molecular complexity index is 902. The lowest BCUT2D eigenvalue weighted by Gasteiger charge is -2.06. The van der Waals surface area contributed by atoms with Gasteiger partial charge >= 0.3 is 6.18 Å². The number of ether oxygens (including phenoxy) is 2. The summed E-state index contributed by atoms with van der Waals surface area (Å²) in [7, 11) is 3.05. The van der Waals surface area contributed by atoms with Gasteiger partial charge in [0.25, 0.3) is 0 Å². The Morgan fingerprint density at radius 1 is 1.11 bits per heavy atom. The highest BCUT2D eigenvalue weighted by atomic mass is 19.4. The molecule has 7 heteroatoms. The minimum absolute atomic E-state index is 0.000844. The Morgan fingerprint density at radius 3 is 2.39 bits per heavy atom. The van der Waals surface area contributed by atoms with Gasteiger partial charge in [0, 0.05) is 17.7 Å². The Hall–Kier alpha value is -3.40. The molecular weight excluding hydrogens is 371 g/mol. The number of halogens is 3. The van der Waals surface area contributed by atoms with Gasteiger partial charge in [-0.3, -0.25) is 4.79 Å². The van der Waals surface area contributed by atoms with Crippen LogP contribution in [-0.2, 0) is 11.0 Å². The smallest absolute Gasteiger partial charge is 0.416 e. The number of hydrogen-bond acceptors (Lipinski definition) is 3. The van der Waals surface area contributed by atoms with Crippen LogP contribution in [-0.4, -0.2) is 26.7 Å². The second-order valence-corrected chi connectivity index (χ2v) is 5.58. The number of carbonyl (C=O) groups is 1. The Balaban J connectivity index is 1.94.